The topological polar surface area (TPSA) is 87.2 Å². The van der Waals surface area contributed by atoms with Crippen LogP contribution in [0.25, 0.3) is 10.8 Å². The molecule has 0 spiro atoms. The van der Waals surface area contributed by atoms with Crippen LogP contribution < -0.4 is 5.73 Å². The third-order valence-electron chi connectivity index (χ3n) is 4.63. The fourth-order valence-corrected chi connectivity index (χ4v) is 3.22. The first kappa shape index (κ1) is 18.6. The zero-order valence-electron chi connectivity index (χ0n) is 15.6. The number of esters is 1. The van der Waals surface area contributed by atoms with Crippen LogP contribution in [-0.2, 0) is 17.7 Å². The highest BCUT2D eigenvalue weighted by atomic mass is 16.5. The number of aromatic nitrogens is 2. The van der Waals surface area contributed by atoms with Gasteiger partial charge in [0.1, 0.15) is 11.5 Å². The van der Waals surface area contributed by atoms with Gasteiger partial charge in [0.15, 0.2) is 0 Å². The van der Waals surface area contributed by atoms with Crippen LogP contribution in [0.5, 0.6) is 0 Å². The number of hydrogen-bond donors (Lipinski definition) is 1. The third-order valence-corrected chi connectivity index (χ3v) is 4.63. The number of rotatable bonds is 7. The van der Waals surface area contributed by atoms with E-state index < -0.39 is 5.91 Å². The Hall–Kier alpha value is -3.15. The molecule has 0 aliphatic rings. The van der Waals surface area contributed by atoms with Crippen LogP contribution in [0.1, 0.15) is 52.0 Å². The van der Waals surface area contributed by atoms with Crippen molar-refractivity contribution in [3.8, 4) is 0 Å². The fourth-order valence-electron chi connectivity index (χ4n) is 3.22. The maximum Gasteiger partial charge on any atom is 0.338 e. The number of ether oxygens (including phenoxy) is 1. The van der Waals surface area contributed by atoms with E-state index in [1.165, 1.54) is 7.11 Å². The van der Waals surface area contributed by atoms with Crippen molar-refractivity contribution in [3.05, 3.63) is 65.2 Å². The van der Waals surface area contributed by atoms with Crippen molar-refractivity contribution in [1.82, 2.24) is 9.55 Å². The van der Waals surface area contributed by atoms with Crippen molar-refractivity contribution < 1.29 is 14.3 Å². The maximum atomic E-state index is 12.1. The van der Waals surface area contributed by atoms with Crippen molar-refractivity contribution in [3.63, 3.8) is 0 Å². The molecule has 140 valence electrons. The van der Waals surface area contributed by atoms with Gasteiger partial charge in [0, 0.05) is 19.2 Å². The predicted molar refractivity (Wildman–Crippen MR) is 104 cm³/mol. The Morgan fingerprint density at radius 3 is 2.56 bits per heavy atom. The lowest BCUT2D eigenvalue weighted by molar-refractivity contribution is 0.0603. The molecule has 0 atom stereocenters. The first-order valence-electron chi connectivity index (χ1n) is 9.00. The summed E-state index contributed by atoms with van der Waals surface area (Å²) in [6.07, 6.45) is 4.50. The van der Waals surface area contributed by atoms with E-state index in [1.54, 1.807) is 12.3 Å². The lowest BCUT2D eigenvalue weighted by Crippen LogP contribution is -2.11. The van der Waals surface area contributed by atoms with Crippen LogP contribution in [0, 0.1) is 0 Å². The van der Waals surface area contributed by atoms with Gasteiger partial charge in [-0.2, -0.15) is 0 Å². The maximum absolute atomic E-state index is 12.1. The number of amides is 1. The molecular weight excluding hydrogens is 342 g/mol. The molecule has 0 fully saturated rings. The highest BCUT2D eigenvalue weighted by molar-refractivity contribution is 6.05. The number of methoxy groups -OCH3 is 1. The molecular formula is C21H23N3O3. The van der Waals surface area contributed by atoms with E-state index in [1.807, 2.05) is 34.9 Å². The summed E-state index contributed by atoms with van der Waals surface area (Å²) in [5, 5.41) is 1.81. The van der Waals surface area contributed by atoms with Gasteiger partial charge in [-0.25, -0.2) is 9.78 Å². The number of hydrogen-bond acceptors (Lipinski definition) is 4. The molecule has 6 nitrogen and oxygen atoms in total. The molecule has 3 rings (SSSR count). The summed E-state index contributed by atoms with van der Waals surface area (Å²) in [5.41, 5.74) is 7.25. The zero-order valence-corrected chi connectivity index (χ0v) is 15.6. The molecule has 2 aromatic carbocycles. The average molecular weight is 365 g/mol. The molecule has 0 radical (unpaired) electrons. The first-order chi connectivity index (χ1) is 13.0. The summed E-state index contributed by atoms with van der Waals surface area (Å²) < 4.78 is 6.86. The number of unbranched alkanes of at least 4 members (excludes halogenated alkanes) is 1. The number of nitrogens with two attached hydrogens (primary N) is 1. The molecule has 3 aromatic rings. The van der Waals surface area contributed by atoms with Crippen molar-refractivity contribution >= 4 is 22.6 Å². The molecule has 0 aliphatic carbocycles. The number of aryl methyl sites for hydroxylation is 1. The van der Waals surface area contributed by atoms with Gasteiger partial charge in [-0.3, -0.25) is 4.79 Å². The monoisotopic (exact) mass is 365 g/mol. The van der Waals surface area contributed by atoms with E-state index in [2.05, 4.69) is 11.9 Å². The lowest BCUT2D eigenvalue weighted by Gasteiger charge is -2.12. The lowest BCUT2D eigenvalue weighted by atomic mass is 9.99. The summed E-state index contributed by atoms with van der Waals surface area (Å²) in [4.78, 5) is 28.0. The van der Waals surface area contributed by atoms with Gasteiger partial charge < -0.3 is 15.0 Å². The highest BCUT2D eigenvalue weighted by Crippen LogP contribution is 2.25. The van der Waals surface area contributed by atoms with Gasteiger partial charge in [0.25, 0.3) is 5.91 Å². The first-order valence-corrected chi connectivity index (χ1v) is 9.00. The second-order valence-electron chi connectivity index (χ2n) is 6.45. The number of carbonyl (C=O) groups is 2. The molecule has 6 heteroatoms. The Labute approximate surface area is 158 Å². The second-order valence-corrected chi connectivity index (χ2v) is 6.45. The molecule has 1 amide bonds. The Morgan fingerprint density at radius 2 is 1.89 bits per heavy atom. The fraction of sp³-hybridized carbons (Fsp3) is 0.286. The molecule has 0 aliphatic heterocycles. The molecule has 0 saturated heterocycles. The summed E-state index contributed by atoms with van der Waals surface area (Å²) in [5.74, 6) is -0.0517. The van der Waals surface area contributed by atoms with Crippen LogP contribution >= 0.6 is 0 Å². The Kier molecular flexibility index (Phi) is 5.54. The van der Waals surface area contributed by atoms with Crippen LogP contribution in [0.4, 0.5) is 0 Å². The largest absolute Gasteiger partial charge is 0.465 e. The van der Waals surface area contributed by atoms with Crippen molar-refractivity contribution in [1.29, 1.82) is 0 Å². The second kappa shape index (κ2) is 8.03. The van der Waals surface area contributed by atoms with Crippen LogP contribution in [0.2, 0.25) is 0 Å². The number of nitrogens with zero attached hydrogens (tertiary/aromatic N) is 2. The minimum absolute atomic E-state index is 0.275. The van der Waals surface area contributed by atoms with Gasteiger partial charge in [0.2, 0.25) is 0 Å². The van der Waals surface area contributed by atoms with Gasteiger partial charge >= 0.3 is 5.97 Å². The van der Waals surface area contributed by atoms with Gasteiger partial charge in [-0.05, 0) is 28.8 Å². The Balaban J connectivity index is 2.05. The van der Waals surface area contributed by atoms with Crippen LogP contribution in [-0.4, -0.2) is 28.5 Å². The van der Waals surface area contributed by atoms with Crippen molar-refractivity contribution in [2.24, 2.45) is 5.73 Å². The number of imidazole rings is 1. The minimum atomic E-state index is -0.530. The van der Waals surface area contributed by atoms with Gasteiger partial charge in [0.05, 0.1) is 12.7 Å². The normalized spacial score (nSPS) is 10.9. The summed E-state index contributed by atoms with van der Waals surface area (Å²) in [6, 6.07) is 11.4. The van der Waals surface area contributed by atoms with E-state index in [-0.39, 0.29) is 11.7 Å². The molecule has 27 heavy (non-hydrogen) atoms. The van der Waals surface area contributed by atoms with Crippen molar-refractivity contribution in [2.45, 2.75) is 32.7 Å². The van der Waals surface area contributed by atoms with E-state index in [4.69, 9.17) is 10.5 Å². The molecule has 0 unspecified atom stereocenters. The summed E-state index contributed by atoms with van der Waals surface area (Å²) in [7, 11) is 1.38. The molecule has 0 saturated carbocycles. The Bertz CT molecular complexity index is 992. The quantitative estimate of drug-likeness (QED) is 0.651. The molecule has 2 N–H and O–H groups in total. The summed E-state index contributed by atoms with van der Waals surface area (Å²) >= 11 is 0. The summed E-state index contributed by atoms with van der Waals surface area (Å²) in [6.45, 7) is 2.66. The SMILES string of the molecule is CCCCc1nc(C(N)=O)cn1Cc1ccc(C(=O)OC)c2ccccc12. The highest BCUT2D eigenvalue weighted by Gasteiger charge is 2.15. The number of benzene rings is 2. The van der Waals surface area contributed by atoms with Gasteiger partial charge in [-0.1, -0.05) is 43.7 Å². The van der Waals surface area contributed by atoms with Crippen molar-refractivity contribution in [2.75, 3.05) is 7.11 Å². The van der Waals surface area contributed by atoms with Crippen LogP contribution in [0.15, 0.2) is 42.6 Å². The third kappa shape index (κ3) is 3.84. The number of primary amides is 1. The Morgan fingerprint density at radius 1 is 1.15 bits per heavy atom. The van der Waals surface area contributed by atoms with E-state index in [9.17, 15) is 9.59 Å². The number of carbonyl (C=O) groups excluding carboxylic acids is 2. The van der Waals surface area contributed by atoms with E-state index in [0.29, 0.717) is 12.1 Å². The van der Waals surface area contributed by atoms with Gasteiger partial charge in [-0.15, -0.1) is 0 Å². The standard InChI is InChI=1S/C21H23N3O3/c1-3-4-9-19-23-18(20(22)25)13-24(19)12-14-10-11-17(21(26)27-2)16-8-6-5-7-15(14)16/h5-8,10-11,13H,3-4,9,12H2,1-2H3,(H2,22,25). The minimum Gasteiger partial charge on any atom is -0.465 e. The molecule has 1 heterocycles. The molecule has 0 bridgehead atoms. The zero-order chi connectivity index (χ0) is 19.4. The average Bonchev–Trinajstić information content (AvgIpc) is 3.09. The van der Waals surface area contributed by atoms with E-state index >= 15 is 0 Å². The van der Waals surface area contributed by atoms with Crippen LogP contribution in [0.3, 0.4) is 0 Å². The van der Waals surface area contributed by atoms with E-state index in [0.717, 1.165) is 41.4 Å². The smallest absolute Gasteiger partial charge is 0.338 e. The predicted octanol–water partition coefficient (Wildman–Crippen LogP) is 3.31. The molecule has 1 aromatic heterocycles. The number of fused-ring (bicyclic) bond motifs is 1.